The molecular weight excluding hydrogens is 1610 g/mol. The van der Waals surface area contributed by atoms with Gasteiger partial charge >= 0.3 is 0 Å². The summed E-state index contributed by atoms with van der Waals surface area (Å²) in [4.78, 5) is 0. The van der Waals surface area contributed by atoms with Crippen LogP contribution in [0.4, 0.5) is 0 Å². The molecule has 0 aromatic carbocycles. The molecule has 728 valence electrons. The number of allylic oxidation sites excluding steroid dienone is 4. The van der Waals surface area contributed by atoms with Crippen LogP contribution in [0.15, 0.2) is 24.3 Å². The van der Waals surface area contributed by atoms with Crippen molar-refractivity contribution >= 4 is 19.6 Å². The molecule has 14 saturated carbocycles. The Kier molecular flexibility index (Phi) is 34.9. The van der Waals surface area contributed by atoms with Crippen molar-refractivity contribution in [2.75, 3.05) is 167 Å². The van der Waals surface area contributed by atoms with Crippen LogP contribution in [0, 0.1) is 75.2 Å². The SMILES string of the molecule is C1=CC2(CC1)CCC2.C1=CCC2(C1)CCNC2.C1CC2(C1)CCNC2.C1CC2(C1)CNC2.C1CC2(C1)CNC2.C1CC2(C1)CNC2.C1CC2(C1)COC2.C1CCC2(C1)CCNC2.C1CCC2(C1)CNC2.C1CCC2(CC1)CCCCN2.C1CCC2(CCCC2)CNC1.C1CNC2(C1)CCC2.C1CNCC2(C1)CCC2.N=S1(=O)CC2(CCC2)C1.O=S1(=O)CC2(CCC2)C1. The molecule has 16 aliphatic carbocycles. The van der Waals surface area contributed by atoms with Crippen LogP contribution in [0.1, 0.15) is 411 Å². The summed E-state index contributed by atoms with van der Waals surface area (Å²) in [6.45, 7) is 28.0. The summed E-state index contributed by atoms with van der Waals surface area (Å²) < 4.78 is 44.6. The van der Waals surface area contributed by atoms with Crippen molar-refractivity contribution in [3.8, 4) is 0 Å². The Bertz CT molecular complexity index is 3150. The zero-order valence-corrected chi connectivity index (χ0v) is 83.5. The summed E-state index contributed by atoms with van der Waals surface area (Å²) in [5, 5.41) is 37.9. The maximum Gasteiger partial charge on any atom is 0.151 e. The molecule has 30 aliphatic rings. The van der Waals surface area contributed by atoms with Gasteiger partial charge in [0.15, 0.2) is 9.84 Å². The number of ether oxygens (including phenoxy) is 1. The van der Waals surface area contributed by atoms with Gasteiger partial charge < -0.3 is 63.2 Å². The number of sulfone groups is 1. The van der Waals surface area contributed by atoms with Crippen LogP contribution in [0.3, 0.4) is 0 Å². The lowest BCUT2D eigenvalue weighted by Gasteiger charge is -2.49. The van der Waals surface area contributed by atoms with Crippen LogP contribution in [-0.4, -0.2) is 191 Å². The first kappa shape index (κ1) is 98.9. The predicted octanol–water partition coefficient (Wildman–Crippen LogP) is 20.5. The van der Waals surface area contributed by atoms with Gasteiger partial charge in [0.1, 0.15) is 0 Å². The summed E-state index contributed by atoms with van der Waals surface area (Å²) in [5.41, 5.74) is 10.5. The fourth-order valence-corrected chi connectivity index (χ4v) is 33.9. The largest absolute Gasteiger partial charge is 0.380 e. The van der Waals surface area contributed by atoms with Crippen LogP contribution < -0.4 is 58.5 Å². The quantitative estimate of drug-likeness (QED) is 0.102. The first-order valence-corrected chi connectivity index (χ1v) is 59.6. The highest BCUT2D eigenvalue weighted by molar-refractivity contribution is 7.93. The van der Waals surface area contributed by atoms with E-state index in [4.69, 9.17) is 9.52 Å². The van der Waals surface area contributed by atoms with E-state index in [1.165, 1.54) is 529 Å². The van der Waals surface area contributed by atoms with Gasteiger partial charge in [-0.05, 0) is 393 Å². The van der Waals surface area contributed by atoms with Crippen molar-refractivity contribution < 1.29 is 17.4 Å². The maximum absolute atomic E-state index is 10.9. The molecule has 14 aliphatic heterocycles. The first-order chi connectivity index (χ1) is 61.6. The van der Waals surface area contributed by atoms with E-state index in [1.807, 2.05) is 0 Å². The average molecular weight is 1800 g/mol. The van der Waals surface area contributed by atoms with Gasteiger partial charge in [0, 0.05) is 123 Å². The van der Waals surface area contributed by atoms with Crippen molar-refractivity contribution in [1.82, 2.24) is 58.5 Å². The van der Waals surface area contributed by atoms with E-state index in [0.717, 1.165) is 80.2 Å². The van der Waals surface area contributed by atoms with Crippen LogP contribution in [0.2, 0.25) is 0 Å². The van der Waals surface area contributed by atoms with Crippen molar-refractivity contribution in [2.24, 2.45) is 70.4 Å². The van der Waals surface area contributed by atoms with Crippen LogP contribution in [0.5, 0.6) is 0 Å². The Hall–Kier alpha value is -1.10. The first-order valence-electron chi connectivity index (χ1n) is 55.8. The zero-order valence-electron chi connectivity index (χ0n) is 81.9. The number of hydrogen-bond acceptors (Lipinski definition) is 16. The van der Waals surface area contributed by atoms with E-state index in [9.17, 15) is 12.6 Å². The highest BCUT2D eigenvalue weighted by Gasteiger charge is 2.53. The number of rotatable bonds is 0. The van der Waals surface area contributed by atoms with Crippen molar-refractivity contribution in [2.45, 2.75) is 422 Å². The Labute approximate surface area is 779 Å². The third-order valence-electron chi connectivity index (χ3n) is 40.6. The summed E-state index contributed by atoms with van der Waals surface area (Å²) in [6, 6.07) is 0. The topological polar surface area (TPSA) is 217 Å². The highest BCUT2D eigenvalue weighted by Crippen LogP contribution is 2.55. The van der Waals surface area contributed by atoms with Crippen molar-refractivity contribution in [3.05, 3.63) is 24.3 Å². The third kappa shape index (κ3) is 26.9. The minimum Gasteiger partial charge on any atom is -0.380 e. The van der Waals surface area contributed by atoms with Crippen molar-refractivity contribution in [1.29, 1.82) is 4.78 Å². The Balaban J connectivity index is 0.000000100. The zero-order chi connectivity index (χ0) is 87.5. The minimum atomic E-state index is -2.55. The molecule has 0 bridgehead atoms. The molecular formula is C109H196N12O4S2. The fourth-order valence-electron chi connectivity index (χ4n) is 29.0. The van der Waals surface area contributed by atoms with Crippen LogP contribution in [-0.2, 0) is 24.3 Å². The molecule has 12 N–H and O–H groups in total. The summed E-state index contributed by atoms with van der Waals surface area (Å²) in [7, 11) is -4.60. The lowest BCUT2D eigenvalue weighted by atomic mass is 9.65. The molecule has 0 aromatic heterocycles. The van der Waals surface area contributed by atoms with Crippen molar-refractivity contribution in [3.63, 3.8) is 0 Å². The fraction of sp³-hybridized carbons (Fsp3) is 0.963. The summed E-state index contributed by atoms with van der Waals surface area (Å²) in [5.74, 6) is 2.39. The van der Waals surface area contributed by atoms with E-state index < -0.39 is 19.6 Å². The van der Waals surface area contributed by atoms with Gasteiger partial charge in [-0.15, -0.1) is 0 Å². The average Bonchev–Trinajstić information content (AvgIpc) is 1.70. The normalized spacial score (nSPS) is 32.7. The lowest BCUT2D eigenvalue weighted by molar-refractivity contribution is -0.155. The Morgan fingerprint density at radius 3 is 0.709 bits per heavy atom. The monoisotopic (exact) mass is 1800 g/mol. The summed E-state index contributed by atoms with van der Waals surface area (Å²) in [6.07, 6.45) is 102. The second kappa shape index (κ2) is 44.8. The molecule has 0 unspecified atom stereocenters. The highest BCUT2D eigenvalue weighted by atomic mass is 32.2. The molecule has 30 rings (SSSR count). The lowest BCUT2D eigenvalue weighted by Crippen LogP contribution is -2.57. The van der Waals surface area contributed by atoms with E-state index in [1.54, 1.807) is 0 Å². The molecule has 0 radical (unpaired) electrons. The molecule has 14 saturated heterocycles. The Morgan fingerprint density at radius 2 is 0.496 bits per heavy atom. The van der Waals surface area contributed by atoms with Gasteiger partial charge in [0.05, 0.1) is 24.7 Å². The molecule has 16 nitrogen and oxygen atoms in total. The van der Waals surface area contributed by atoms with E-state index >= 15 is 0 Å². The predicted molar refractivity (Wildman–Crippen MR) is 533 cm³/mol. The molecule has 18 heteroatoms. The molecule has 28 fully saturated rings. The van der Waals surface area contributed by atoms with Crippen LogP contribution in [0.25, 0.3) is 0 Å². The molecule has 14 heterocycles. The maximum atomic E-state index is 10.9. The smallest absolute Gasteiger partial charge is 0.151 e. The van der Waals surface area contributed by atoms with E-state index in [-0.39, 0.29) is 0 Å². The van der Waals surface area contributed by atoms with E-state index in [0.29, 0.717) is 50.3 Å². The number of hydrogen-bond donors (Lipinski definition) is 12. The second-order valence-electron chi connectivity index (χ2n) is 50.6. The molecule has 0 aromatic rings. The van der Waals surface area contributed by atoms with Crippen LogP contribution >= 0.6 is 0 Å². The number of piperidine rings is 2. The second-order valence-corrected chi connectivity index (χ2v) is 54.9. The van der Waals surface area contributed by atoms with Gasteiger partial charge in [-0.2, -0.15) is 0 Å². The van der Waals surface area contributed by atoms with E-state index in [2.05, 4.69) is 82.8 Å². The summed E-state index contributed by atoms with van der Waals surface area (Å²) >= 11 is 0. The molecule has 15 spiro atoms. The third-order valence-corrected chi connectivity index (χ3v) is 44.8. The van der Waals surface area contributed by atoms with Gasteiger partial charge in [-0.3, -0.25) is 4.78 Å². The standard InChI is InChI=1S/2C10H19N.2C8H15N.C8H13N.C8H12.3C7H13N.C6H11NOS.3C6H11N.C6H10O2S.C6H10O/c1-2-6-10(5-1)7-3-4-8-11-9-10;1-2-6-10(7-3-1)8-4-5-9-11-10;1-3-8(4-1)5-2-6-9-7-8;2*1-2-4-8(3-1)5-6-9-7-8;1-2-5-8(4-1)6-3-7-8;1-3-7(4-1)5-2-6-8-7;1-2-7(3-1)4-5-8-6-7;1-2-4-7(3-1)5-8-6-7;7-9(8)4-6(5-9)2-1-3-6;3*1-2-6(3-1)4-7-5-6;7-9(8)4-6(5-9)2-1-3-6;1-2-6(3-1)4-7-5-6/h2*11H,1-9H2;2*9H,1-7H2;1-2,9H,3-7H2;1,4H,2-3,5-7H2;3*8H,1-6H2;7H,1-5H2;3*7H,1-5H2;1-5H2;1-5H2. The Morgan fingerprint density at radius 1 is 0.220 bits per heavy atom. The van der Waals surface area contributed by atoms with Gasteiger partial charge in [0.25, 0.3) is 0 Å². The van der Waals surface area contributed by atoms with Gasteiger partial charge in [-0.25, -0.2) is 12.6 Å². The van der Waals surface area contributed by atoms with Gasteiger partial charge in [0.2, 0.25) is 0 Å². The molecule has 127 heavy (non-hydrogen) atoms. The number of nitrogens with one attached hydrogen (secondary N) is 12. The minimum absolute atomic E-state index is 0.291. The van der Waals surface area contributed by atoms with Gasteiger partial charge in [-0.1, -0.05) is 153 Å². The molecule has 0 amide bonds. The molecule has 0 atom stereocenters.